The Kier molecular flexibility index (Phi) is 7.16. The van der Waals surface area contributed by atoms with Gasteiger partial charge in [0.2, 0.25) is 21.1 Å². The zero-order valence-electron chi connectivity index (χ0n) is 18.4. The van der Waals surface area contributed by atoms with Crippen LogP contribution in [0.15, 0.2) is 46.5 Å². The molecule has 10 nitrogen and oxygen atoms in total. The predicted molar refractivity (Wildman–Crippen MR) is 122 cm³/mol. The van der Waals surface area contributed by atoms with Crippen molar-refractivity contribution in [3.05, 3.63) is 47.5 Å². The molecule has 1 N–H and O–H groups in total. The van der Waals surface area contributed by atoms with Crippen LogP contribution in [0.2, 0.25) is 0 Å². The minimum Gasteiger partial charge on any atom is -0.495 e. The van der Waals surface area contributed by atoms with Gasteiger partial charge in [0, 0.05) is 14.1 Å². The van der Waals surface area contributed by atoms with Crippen LogP contribution < -0.4 is 10.1 Å². The molecule has 0 radical (unpaired) electrons. The van der Waals surface area contributed by atoms with Crippen LogP contribution in [0.1, 0.15) is 11.1 Å². The van der Waals surface area contributed by atoms with Crippen LogP contribution in [0, 0.1) is 13.8 Å². The lowest BCUT2D eigenvalue weighted by Gasteiger charge is -2.15. The molecule has 0 bridgehead atoms. The molecule has 0 spiro atoms. The second-order valence-electron chi connectivity index (χ2n) is 7.15. The summed E-state index contributed by atoms with van der Waals surface area (Å²) in [5, 5.41) is 14.9. The normalized spacial score (nSPS) is 11.6. The lowest BCUT2D eigenvalue weighted by molar-refractivity contribution is -0.113. The minimum atomic E-state index is -3.66. The maximum absolute atomic E-state index is 12.6. The Morgan fingerprint density at radius 3 is 2.59 bits per heavy atom. The molecular weight excluding hydrogens is 452 g/mol. The Morgan fingerprint density at radius 1 is 1.19 bits per heavy atom. The summed E-state index contributed by atoms with van der Waals surface area (Å²) in [6.45, 7) is 3.97. The van der Waals surface area contributed by atoms with Gasteiger partial charge in [0.05, 0.1) is 29.1 Å². The van der Waals surface area contributed by atoms with Crippen molar-refractivity contribution in [3.63, 3.8) is 0 Å². The highest BCUT2D eigenvalue weighted by Crippen LogP contribution is 2.29. The van der Waals surface area contributed by atoms with Crippen LogP contribution in [0.5, 0.6) is 5.75 Å². The Hall–Kier alpha value is -2.96. The first-order valence-corrected chi connectivity index (χ1v) is 11.9. The maximum atomic E-state index is 12.6. The van der Waals surface area contributed by atoms with E-state index in [4.69, 9.17) is 4.74 Å². The third-order valence-corrected chi connectivity index (χ3v) is 7.31. The Balaban J connectivity index is 1.76. The van der Waals surface area contributed by atoms with Gasteiger partial charge >= 0.3 is 0 Å². The molecule has 0 fully saturated rings. The first-order valence-electron chi connectivity index (χ1n) is 9.52. The van der Waals surface area contributed by atoms with Crippen LogP contribution in [0.4, 0.5) is 5.69 Å². The van der Waals surface area contributed by atoms with Gasteiger partial charge in [0.15, 0.2) is 0 Å². The van der Waals surface area contributed by atoms with E-state index in [1.165, 1.54) is 39.4 Å². The van der Waals surface area contributed by atoms with Gasteiger partial charge in [-0.1, -0.05) is 29.5 Å². The molecule has 0 aliphatic carbocycles. The van der Waals surface area contributed by atoms with Crippen molar-refractivity contribution in [1.29, 1.82) is 0 Å². The molecule has 3 aromatic rings. The second-order valence-corrected chi connectivity index (χ2v) is 10.2. The van der Waals surface area contributed by atoms with Gasteiger partial charge in [-0.15, -0.1) is 5.10 Å². The highest BCUT2D eigenvalue weighted by atomic mass is 32.2. The molecule has 0 unspecified atom stereocenters. The summed E-state index contributed by atoms with van der Waals surface area (Å²) in [6.07, 6.45) is 0. The number of thioether (sulfide) groups is 1. The number of ether oxygens (including phenoxy) is 1. The quantitative estimate of drug-likeness (QED) is 0.492. The number of carbonyl (C=O) groups excluding carboxylic acids is 1. The van der Waals surface area contributed by atoms with Crippen molar-refractivity contribution in [2.24, 2.45) is 0 Å². The number of methoxy groups -OCH3 is 1. The summed E-state index contributed by atoms with van der Waals surface area (Å²) >= 11 is 1.16. The number of rotatable bonds is 8. The van der Waals surface area contributed by atoms with Gasteiger partial charge in [-0.2, -0.15) is 4.68 Å². The molecule has 0 aliphatic heterocycles. The van der Waals surface area contributed by atoms with Crippen molar-refractivity contribution in [2.45, 2.75) is 23.9 Å². The minimum absolute atomic E-state index is 0.0130. The van der Waals surface area contributed by atoms with Crippen LogP contribution in [0.3, 0.4) is 0 Å². The fourth-order valence-electron chi connectivity index (χ4n) is 2.94. The van der Waals surface area contributed by atoms with E-state index < -0.39 is 10.0 Å². The molecule has 0 saturated heterocycles. The zero-order chi connectivity index (χ0) is 23.5. The fourth-order valence-corrected chi connectivity index (χ4v) is 4.55. The largest absolute Gasteiger partial charge is 0.495 e. The number of nitrogens with one attached hydrogen (secondary N) is 1. The Labute approximate surface area is 191 Å². The van der Waals surface area contributed by atoms with E-state index in [9.17, 15) is 13.2 Å². The number of anilines is 1. The predicted octanol–water partition coefficient (Wildman–Crippen LogP) is 2.27. The average molecular weight is 477 g/mol. The summed E-state index contributed by atoms with van der Waals surface area (Å²) in [6, 6.07) is 10.2. The van der Waals surface area contributed by atoms with Crippen LogP contribution in [-0.2, 0) is 14.8 Å². The van der Waals surface area contributed by atoms with Crippen LogP contribution >= 0.6 is 11.8 Å². The van der Waals surface area contributed by atoms with Crippen molar-refractivity contribution in [2.75, 3.05) is 32.3 Å². The van der Waals surface area contributed by atoms with Crippen molar-refractivity contribution < 1.29 is 17.9 Å². The summed E-state index contributed by atoms with van der Waals surface area (Å²) in [5.41, 5.74) is 3.22. The highest BCUT2D eigenvalue weighted by molar-refractivity contribution is 7.99. The molecule has 1 heterocycles. The number of hydrogen-bond donors (Lipinski definition) is 1. The molecule has 3 rings (SSSR count). The van der Waals surface area contributed by atoms with E-state index in [0.717, 1.165) is 32.9 Å². The number of sulfonamides is 1. The number of aromatic nitrogens is 4. The molecule has 170 valence electrons. The van der Waals surface area contributed by atoms with Gasteiger partial charge in [-0.3, -0.25) is 4.79 Å². The summed E-state index contributed by atoms with van der Waals surface area (Å²) in [4.78, 5) is 12.7. The molecule has 1 aromatic heterocycles. The summed E-state index contributed by atoms with van der Waals surface area (Å²) in [7, 11) is 0.660. The highest BCUT2D eigenvalue weighted by Gasteiger charge is 2.20. The van der Waals surface area contributed by atoms with Crippen LogP contribution in [-0.4, -0.2) is 65.8 Å². The Bertz CT molecular complexity index is 1240. The van der Waals surface area contributed by atoms with Gasteiger partial charge in [-0.05, 0) is 54.1 Å². The number of benzene rings is 2. The van der Waals surface area contributed by atoms with Crippen molar-refractivity contribution >= 4 is 33.4 Å². The average Bonchev–Trinajstić information content (AvgIpc) is 3.20. The molecule has 2 aromatic carbocycles. The van der Waals surface area contributed by atoms with Crippen LogP contribution in [0.25, 0.3) is 5.69 Å². The first-order chi connectivity index (χ1) is 15.1. The molecule has 0 atom stereocenters. The number of nitrogens with zero attached hydrogens (tertiary/aromatic N) is 5. The van der Waals surface area contributed by atoms with Crippen molar-refractivity contribution in [3.8, 4) is 11.4 Å². The number of aryl methyl sites for hydroxylation is 2. The third kappa shape index (κ3) is 5.09. The van der Waals surface area contributed by atoms with Gasteiger partial charge in [0.25, 0.3) is 0 Å². The van der Waals surface area contributed by atoms with E-state index in [0.29, 0.717) is 10.9 Å². The zero-order valence-corrected chi connectivity index (χ0v) is 20.0. The fraction of sp³-hybridized carbons (Fsp3) is 0.300. The SMILES string of the molecule is COc1ccc(S(=O)(=O)N(C)C)cc1NC(=O)CSc1nnnn1-c1ccc(C)cc1C. The number of carbonyl (C=O) groups is 1. The first kappa shape index (κ1) is 23.7. The topological polar surface area (TPSA) is 119 Å². The number of tetrazole rings is 1. The van der Waals surface area contributed by atoms with E-state index in [1.807, 2.05) is 32.0 Å². The maximum Gasteiger partial charge on any atom is 0.242 e. The smallest absolute Gasteiger partial charge is 0.242 e. The molecule has 0 saturated carbocycles. The van der Waals surface area contributed by atoms with Gasteiger partial charge in [0.1, 0.15) is 5.75 Å². The van der Waals surface area contributed by atoms with Crippen molar-refractivity contribution in [1.82, 2.24) is 24.5 Å². The van der Waals surface area contributed by atoms with E-state index in [1.54, 1.807) is 4.68 Å². The summed E-state index contributed by atoms with van der Waals surface area (Å²) < 4.78 is 32.8. The second kappa shape index (κ2) is 9.67. The number of amides is 1. The Morgan fingerprint density at radius 2 is 1.94 bits per heavy atom. The van der Waals surface area contributed by atoms with E-state index >= 15 is 0 Å². The molecule has 1 amide bonds. The third-order valence-electron chi connectivity index (χ3n) is 4.58. The lowest BCUT2D eigenvalue weighted by Crippen LogP contribution is -2.22. The molecule has 32 heavy (non-hydrogen) atoms. The van der Waals surface area contributed by atoms with Gasteiger partial charge < -0.3 is 10.1 Å². The van der Waals surface area contributed by atoms with Gasteiger partial charge in [-0.25, -0.2) is 12.7 Å². The standard InChI is InChI=1S/C20H24N6O4S2/c1-13-6-8-17(14(2)10-13)26-20(22-23-24-26)31-12-19(27)21-16-11-15(7-9-18(16)30-5)32(28,29)25(3)4/h6-11H,12H2,1-5H3,(H,21,27). The number of hydrogen-bond acceptors (Lipinski definition) is 8. The van der Waals surface area contributed by atoms with E-state index in [-0.39, 0.29) is 22.2 Å². The summed E-state index contributed by atoms with van der Waals surface area (Å²) in [5.74, 6) is 0.00285. The molecular formula is C20H24N6O4S2. The molecule has 12 heteroatoms. The van der Waals surface area contributed by atoms with E-state index in [2.05, 4.69) is 20.8 Å². The monoisotopic (exact) mass is 476 g/mol. The molecule has 0 aliphatic rings. The lowest BCUT2D eigenvalue weighted by atomic mass is 10.1.